The Kier molecular flexibility index (Phi) is 4.04. The molecule has 1 aromatic rings. The summed E-state index contributed by atoms with van der Waals surface area (Å²) in [5.74, 6) is -0.361. The highest BCUT2D eigenvalue weighted by molar-refractivity contribution is 6.32. The summed E-state index contributed by atoms with van der Waals surface area (Å²) < 4.78 is 5.17. The van der Waals surface area contributed by atoms with E-state index in [0.29, 0.717) is 6.54 Å². The summed E-state index contributed by atoms with van der Waals surface area (Å²) in [4.78, 5) is 33.9. The second-order valence-electron chi connectivity index (χ2n) is 3.94. The minimum absolute atomic E-state index is 0.0258. The average Bonchev–Trinajstić information content (AvgIpc) is 2.83. The highest BCUT2D eigenvalue weighted by atomic mass is 35.5. The van der Waals surface area contributed by atoms with Gasteiger partial charge in [0.2, 0.25) is 0 Å². The van der Waals surface area contributed by atoms with Crippen molar-refractivity contribution in [1.29, 1.82) is 0 Å². The number of hydrogen-bond donors (Lipinski definition) is 1. The number of nitro groups is 1. The van der Waals surface area contributed by atoms with Crippen molar-refractivity contribution in [2.24, 2.45) is 0 Å². The van der Waals surface area contributed by atoms with Gasteiger partial charge in [-0.1, -0.05) is 11.6 Å². The summed E-state index contributed by atoms with van der Waals surface area (Å²) in [6.45, 7) is 0.322. The first-order chi connectivity index (χ1) is 9.49. The number of urea groups is 1. The molecule has 1 fully saturated rings. The van der Waals surface area contributed by atoms with Gasteiger partial charge in [0.25, 0.3) is 11.6 Å². The molecule has 0 saturated carbocycles. The maximum Gasteiger partial charge on any atom is 0.324 e. The van der Waals surface area contributed by atoms with E-state index in [-0.39, 0.29) is 29.6 Å². The van der Waals surface area contributed by atoms with Gasteiger partial charge in [-0.2, -0.15) is 0 Å². The molecule has 106 valence electrons. The van der Waals surface area contributed by atoms with Crippen LogP contribution in [0.4, 0.5) is 10.5 Å². The number of amides is 3. The van der Waals surface area contributed by atoms with Crippen LogP contribution in [0.15, 0.2) is 18.2 Å². The SMILES string of the molecule is O=C(COc1ccc([N+](=O)[O-])cc1Cl)N1CCNC1=O. The molecule has 2 rings (SSSR count). The van der Waals surface area contributed by atoms with Gasteiger partial charge in [-0.05, 0) is 6.07 Å². The number of benzene rings is 1. The zero-order valence-corrected chi connectivity index (χ0v) is 10.9. The summed E-state index contributed by atoms with van der Waals surface area (Å²) in [5.41, 5.74) is -0.174. The number of carbonyl (C=O) groups excluding carboxylic acids is 2. The highest BCUT2D eigenvalue weighted by Crippen LogP contribution is 2.28. The van der Waals surface area contributed by atoms with Crippen molar-refractivity contribution in [1.82, 2.24) is 10.2 Å². The Morgan fingerprint density at radius 3 is 2.85 bits per heavy atom. The number of rotatable bonds is 4. The fraction of sp³-hybridized carbons (Fsp3) is 0.273. The molecule has 1 aliphatic heterocycles. The zero-order valence-electron chi connectivity index (χ0n) is 10.2. The quantitative estimate of drug-likeness (QED) is 0.664. The Morgan fingerprint density at radius 1 is 1.55 bits per heavy atom. The fourth-order valence-corrected chi connectivity index (χ4v) is 1.88. The molecule has 1 saturated heterocycles. The second kappa shape index (κ2) is 5.74. The van der Waals surface area contributed by atoms with E-state index >= 15 is 0 Å². The topological polar surface area (TPSA) is 102 Å². The molecule has 1 N–H and O–H groups in total. The van der Waals surface area contributed by atoms with Gasteiger partial charge in [0.05, 0.1) is 9.95 Å². The molecule has 0 aliphatic carbocycles. The number of ether oxygens (including phenoxy) is 1. The third-order valence-electron chi connectivity index (χ3n) is 2.64. The minimum atomic E-state index is -0.588. The van der Waals surface area contributed by atoms with Gasteiger partial charge in [-0.25, -0.2) is 4.79 Å². The molecule has 0 unspecified atom stereocenters. The van der Waals surface area contributed by atoms with E-state index < -0.39 is 16.9 Å². The monoisotopic (exact) mass is 299 g/mol. The van der Waals surface area contributed by atoms with Crippen LogP contribution >= 0.6 is 11.6 Å². The van der Waals surface area contributed by atoms with Crippen LogP contribution in [0.2, 0.25) is 5.02 Å². The van der Waals surface area contributed by atoms with Gasteiger partial charge in [0.15, 0.2) is 6.61 Å². The molecule has 8 nitrogen and oxygen atoms in total. The number of nitro benzene ring substituents is 1. The summed E-state index contributed by atoms with van der Waals surface area (Å²) >= 11 is 5.81. The Labute approximate surface area is 118 Å². The molecule has 0 spiro atoms. The van der Waals surface area contributed by atoms with E-state index in [0.717, 1.165) is 11.0 Å². The van der Waals surface area contributed by atoms with Crippen molar-refractivity contribution in [3.05, 3.63) is 33.3 Å². The minimum Gasteiger partial charge on any atom is -0.482 e. The van der Waals surface area contributed by atoms with Crippen LogP contribution in [0.5, 0.6) is 5.75 Å². The van der Waals surface area contributed by atoms with E-state index in [1.165, 1.54) is 12.1 Å². The lowest BCUT2D eigenvalue weighted by molar-refractivity contribution is -0.384. The van der Waals surface area contributed by atoms with E-state index in [4.69, 9.17) is 16.3 Å². The predicted molar refractivity (Wildman–Crippen MR) is 68.7 cm³/mol. The van der Waals surface area contributed by atoms with Crippen LogP contribution in [0.1, 0.15) is 0 Å². The van der Waals surface area contributed by atoms with E-state index in [1.807, 2.05) is 0 Å². The van der Waals surface area contributed by atoms with Gasteiger partial charge in [0, 0.05) is 25.2 Å². The number of nitrogens with zero attached hydrogens (tertiary/aromatic N) is 2. The Bertz CT molecular complexity index is 577. The largest absolute Gasteiger partial charge is 0.482 e. The van der Waals surface area contributed by atoms with Gasteiger partial charge in [-0.15, -0.1) is 0 Å². The van der Waals surface area contributed by atoms with Crippen molar-refractivity contribution >= 4 is 29.2 Å². The number of halogens is 1. The van der Waals surface area contributed by atoms with Crippen LogP contribution in [0.25, 0.3) is 0 Å². The molecule has 1 aliphatic rings. The number of non-ortho nitro benzene ring substituents is 1. The van der Waals surface area contributed by atoms with E-state index in [2.05, 4.69) is 5.32 Å². The molecule has 0 atom stereocenters. The third kappa shape index (κ3) is 2.97. The van der Waals surface area contributed by atoms with Crippen LogP contribution < -0.4 is 10.1 Å². The number of carbonyl (C=O) groups is 2. The molecule has 1 aromatic carbocycles. The van der Waals surface area contributed by atoms with Crippen molar-refractivity contribution in [2.45, 2.75) is 0 Å². The lowest BCUT2D eigenvalue weighted by atomic mass is 10.3. The second-order valence-corrected chi connectivity index (χ2v) is 4.35. The highest BCUT2D eigenvalue weighted by Gasteiger charge is 2.26. The first-order valence-corrected chi connectivity index (χ1v) is 6.02. The lowest BCUT2D eigenvalue weighted by Gasteiger charge is -2.13. The third-order valence-corrected chi connectivity index (χ3v) is 2.93. The standard InChI is InChI=1S/C11H10ClN3O5/c12-8-5-7(15(18)19)1-2-9(8)20-6-10(16)14-4-3-13-11(14)17/h1-2,5H,3-4,6H2,(H,13,17). The molecule has 0 aromatic heterocycles. The summed E-state index contributed by atoms with van der Waals surface area (Å²) in [6.07, 6.45) is 0. The molecule has 0 radical (unpaired) electrons. The molecule has 9 heteroatoms. The number of hydrogen-bond acceptors (Lipinski definition) is 5. The lowest BCUT2D eigenvalue weighted by Crippen LogP contribution is -2.37. The van der Waals surface area contributed by atoms with Crippen LogP contribution in [-0.4, -0.2) is 41.5 Å². The Morgan fingerprint density at radius 2 is 2.30 bits per heavy atom. The van der Waals surface area contributed by atoms with E-state index in [1.54, 1.807) is 0 Å². The smallest absolute Gasteiger partial charge is 0.324 e. The number of imide groups is 1. The predicted octanol–water partition coefficient (Wildman–Crippen LogP) is 1.18. The molecule has 1 heterocycles. The van der Waals surface area contributed by atoms with Gasteiger partial charge in [0.1, 0.15) is 5.75 Å². The molecule has 0 bridgehead atoms. The number of nitrogens with one attached hydrogen (secondary N) is 1. The van der Waals surface area contributed by atoms with Crippen LogP contribution in [0.3, 0.4) is 0 Å². The molecular weight excluding hydrogens is 290 g/mol. The van der Waals surface area contributed by atoms with Crippen molar-refractivity contribution in [2.75, 3.05) is 19.7 Å². The van der Waals surface area contributed by atoms with Crippen LogP contribution in [-0.2, 0) is 4.79 Å². The van der Waals surface area contributed by atoms with Crippen LogP contribution in [0, 0.1) is 10.1 Å². The molecule has 20 heavy (non-hydrogen) atoms. The summed E-state index contributed by atoms with van der Waals surface area (Å²) in [7, 11) is 0. The van der Waals surface area contributed by atoms with Gasteiger partial charge >= 0.3 is 6.03 Å². The normalized spacial score (nSPS) is 14.1. The Balaban J connectivity index is 1.99. The molecular formula is C11H10ClN3O5. The first kappa shape index (κ1) is 14.1. The first-order valence-electron chi connectivity index (χ1n) is 5.64. The summed E-state index contributed by atoms with van der Waals surface area (Å²) in [5, 5.41) is 13.1. The Hall–Kier alpha value is -2.35. The maximum atomic E-state index is 11.7. The maximum absolute atomic E-state index is 11.7. The van der Waals surface area contributed by atoms with Gasteiger partial charge in [-0.3, -0.25) is 19.8 Å². The zero-order chi connectivity index (χ0) is 14.7. The summed E-state index contributed by atoms with van der Waals surface area (Å²) in [6, 6.07) is 3.18. The van der Waals surface area contributed by atoms with Crippen molar-refractivity contribution in [3.63, 3.8) is 0 Å². The average molecular weight is 300 g/mol. The van der Waals surface area contributed by atoms with Crippen molar-refractivity contribution < 1.29 is 19.2 Å². The fourth-order valence-electron chi connectivity index (χ4n) is 1.65. The van der Waals surface area contributed by atoms with E-state index in [9.17, 15) is 19.7 Å². The van der Waals surface area contributed by atoms with Crippen molar-refractivity contribution in [3.8, 4) is 5.75 Å². The molecule has 3 amide bonds. The van der Waals surface area contributed by atoms with Gasteiger partial charge < -0.3 is 10.1 Å².